The van der Waals surface area contributed by atoms with E-state index in [0.717, 1.165) is 55.4 Å². The maximum atomic E-state index is 12.6. The number of nitrogens with zero attached hydrogens (tertiary/aromatic N) is 5. The van der Waals surface area contributed by atoms with Crippen molar-refractivity contribution in [2.45, 2.75) is 13.1 Å². The highest BCUT2D eigenvalue weighted by atomic mass is 19.4. The second kappa shape index (κ2) is 9.91. The van der Waals surface area contributed by atoms with Crippen LogP contribution in [0.4, 0.5) is 41.6 Å². The Kier molecular flexibility index (Phi) is 6.79. The van der Waals surface area contributed by atoms with Crippen LogP contribution in [-0.2, 0) is 10.9 Å². The number of hydrogen-bond donors (Lipinski definition) is 0. The summed E-state index contributed by atoms with van der Waals surface area (Å²) in [5, 5.41) is 16.7. The molecule has 33 heavy (non-hydrogen) atoms. The molecule has 1 heterocycles. The van der Waals surface area contributed by atoms with Crippen molar-refractivity contribution >= 4 is 28.4 Å². The van der Waals surface area contributed by atoms with Gasteiger partial charge in [-0.1, -0.05) is 0 Å². The van der Waals surface area contributed by atoms with E-state index in [1.54, 1.807) is 18.2 Å². The Bertz CT molecular complexity index is 1140. The molecule has 1 saturated heterocycles. The minimum absolute atomic E-state index is 0.338. The van der Waals surface area contributed by atoms with Gasteiger partial charge < -0.3 is 9.64 Å². The van der Waals surface area contributed by atoms with Crippen molar-refractivity contribution in [3.63, 3.8) is 0 Å². The number of halogens is 3. The van der Waals surface area contributed by atoms with E-state index in [4.69, 9.17) is 4.74 Å². The van der Waals surface area contributed by atoms with E-state index in [0.29, 0.717) is 17.1 Å². The van der Waals surface area contributed by atoms with Gasteiger partial charge in [0.2, 0.25) is 0 Å². The van der Waals surface area contributed by atoms with Gasteiger partial charge in [0.15, 0.2) is 0 Å². The van der Waals surface area contributed by atoms with Crippen molar-refractivity contribution in [2.24, 2.45) is 20.5 Å². The molecule has 1 fully saturated rings. The van der Waals surface area contributed by atoms with E-state index in [1.165, 1.54) is 12.1 Å². The van der Waals surface area contributed by atoms with Crippen LogP contribution < -0.4 is 4.90 Å². The molecule has 1 aliphatic rings. The number of morpholine rings is 1. The Labute approximate surface area is 189 Å². The van der Waals surface area contributed by atoms with E-state index >= 15 is 0 Å². The quantitative estimate of drug-likeness (QED) is 0.372. The summed E-state index contributed by atoms with van der Waals surface area (Å²) in [6.07, 6.45) is -4.37. The van der Waals surface area contributed by atoms with Crippen LogP contribution in [0, 0.1) is 6.92 Å². The van der Waals surface area contributed by atoms with Gasteiger partial charge in [-0.3, -0.25) is 0 Å². The zero-order valence-corrected chi connectivity index (χ0v) is 18.0. The second-order valence-corrected chi connectivity index (χ2v) is 7.53. The third-order valence-corrected chi connectivity index (χ3v) is 5.16. The van der Waals surface area contributed by atoms with Gasteiger partial charge in [0.1, 0.15) is 0 Å². The molecular formula is C24H22F3N5O. The Balaban J connectivity index is 1.40. The molecule has 1 aliphatic heterocycles. The first-order valence-electron chi connectivity index (χ1n) is 10.4. The van der Waals surface area contributed by atoms with Crippen molar-refractivity contribution in [2.75, 3.05) is 31.2 Å². The molecule has 0 atom stereocenters. The van der Waals surface area contributed by atoms with Gasteiger partial charge in [-0.05, 0) is 79.2 Å². The second-order valence-electron chi connectivity index (χ2n) is 7.53. The molecule has 3 aromatic carbocycles. The van der Waals surface area contributed by atoms with Gasteiger partial charge >= 0.3 is 6.18 Å². The molecule has 9 heteroatoms. The summed E-state index contributed by atoms with van der Waals surface area (Å²) >= 11 is 0. The lowest BCUT2D eigenvalue weighted by molar-refractivity contribution is -0.137. The Morgan fingerprint density at radius 2 is 1.27 bits per heavy atom. The Morgan fingerprint density at radius 3 is 1.88 bits per heavy atom. The highest BCUT2D eigenvalue weighted by Gasteiger charge is 2.29. The number of aryl methyl sites for hydroxylation is 1. The summed E-state index contributed by atoms with van der Waals surface area (Å²) in [6.45, 7) is 5.11. The van der Waals surface area contributed by atoms with Crippen LogP contribution in [-0.4, -0.2) is 26.3 Å². The van der Waals surface area contributed by atoms with Crippen LogP contribution in [0.25, 0.3) is 0 Å². The van der Waals surface area contributed by atoms with Gasteiger partial charge in [-0.2, -0.15) is 33.6 Å². The fourth-order valence-electron chi connectivity index (χ4n) is 3.31. The standard InChI is InChI=1S/C24H22F3N5O/c1-17-16-21(30-28-19-4-2-18(3-5-19)24(25,26)27)8-11-23(17)31-29-20-6-9-22(10-7-20)32-12-14-33-15-13-32/h2-11,16H,12-15H2,1H3/b30-28+,31-29+. The topological polar surface area (TPSA) is 61.9 Å². The molecule has 3 aromatic rings. The first-order valence-corrected chi connectivity index (χ1v) is 10.4. The molecular weight excluding hydrogens is 431 g/mol. The van der Waals surface area contributed by atoms with Crippen molar-refractivity contribution in [1.82, 2.24) is 0 Å². The number of hydrogen-bond acceptors (Lipinski definition) is 6. The Hall–Kier alpha value is -3.59. The number of alkyl halides is 3. The summed E-state index contributed by atoms with van der Waals surface area (Å²) in [5.41, 5.74) is 3.62. The van der Waals surface area contributed by atoms with Gasteiger partial charge in [0, 0.05) is 18.8 Å². The van der Waals surface area contributed by atoms with Crippen molar-refractivity contribution < 1.29 is 17.9 Å². The minimum atomic E-state index is -4.37. The molecule has 0 aromatic heterocycles. The predicted molar refractivity (Wildman–Crippen MR) is 120 cm³/mol. The minimum Gasteiger partial charge on any atom is -0.378 e. The number of anilines is 1. The van der Waals surface area contributed by atoms with E-state index < -0.39 is 11.7 Å². The van der Waals surface area contributed by atoms with Gasteiger partial charge in [0.05, 0.1) is 41.5 Å². The summed E-state index contributed by atoms with van der Waals surface area (Å²) < 4.78 is 43.3. The van der Waals surface area contributed by atoms with Gasteiger partial charge in [-0.15, -0.1) is 0 Å². The molecule has 0 unspecified atom stereocenters. The zero-order chi connectivity index (χ0) is 23.3. The maximum absolute atomic E-state index is 12.6. The van der Waals surface area contributed by atoms with Crippen molar-refractivity contribution in [3.05, 3.63) is 77.9 Å². The van der Waals surface area contributed by atoms with Crippen molar-refractivity contribution in [1.29, 1.82) is 0 Å². The molecule has 4 rings (SSSR count). The van der Waals surface area contributed by atoms with E-state index in [9.17, 15) is 13.2 Å². The number of ether oxygens (including phenoxy) is 1. The molecule has 0 radical (unpaired) electrons. The third kappa shape index (κ3) is 6.01. The lowest BCUT2D eigenvalue weighted by atomic mass is 10.2. The average molecular weight is 453 g/mol. The average Bonchev–Trinajstić information content (AvgIpc) is 2.83. The zero-order valence-electron chi connectivity index (χ0n) is 18.0. The van der Waals surface area contributed by atoms with E-state index in [-0.39, 0.29) is 0 Å². The Morgan fingerprint density at radius 1 is 0.727 bits per heavy atom. The fraction of sp³-hybridized carbons (Fsp3) is 0.250. The maximum Gasteiger partial charge on any atom is 0.416 e. The van der Waals surface area contributed by atoms with Crippen LogP contribution >= 0.6 is 0 Å². The smallest absolute Gasteiger partial charge is 0.378 e. The number of azo groups is 2. The molecule has 0 N–H and O–H groups in total. The molecule has 0 saturated carbocycles. The lowest BCUT2D eigenvalue weighted by Crippen LogP contribution is -2.36. The summed E-state index contributed by atoms with van der Waals surface area (Å²) in [4.78, 5) is 2.27. The van der Waals surface area contributed by atoms with Crippen LogP contribution in [0.15, 0.2) is 87.2 Å². The van der Waals surface area contributed by atoms with Crippen LogP contribution in [0.5, 0.6) is 0 Å². The van der Waals surface area contributed by atoms with Gasteiger partial charge in [-0.25, -0.2) is 0 Å². The van der Waals surface area contributed by atoms with Gasteiger partial charge in [0.25, 0.3) is 0 Å². The number of benzene rings is 3. The molecule has 0 aliphatic carbocycles. The highest BCUT2D eigenvalue weighted by molar-refractivity contribution is 5.55. The van der Waals surface area contributed by atoms with Crippen LogP contribution in [0.1, 0.15) is 11.1 Å². The normalized spacial score (nSPS) is 15.0. The molecule has 0 bridgehead atoms. The van der Waals surface area contributed by atoms with Crippen LogP contribution in [0.3, 0.4) is 0 Å². The molecule has 6 nitrogen and oxygen atoms in total. The first kappa shape index (κ1) is 22.6. The van der Waals surface area contributed by atoms with E-state index in [2.05, 4.69) is 25.4 Å². The molecule has 0 amide bonds. The third-order valence-electron chi connectivity index (χ3n) is 5.16. The van der Waals surface area contributed by atoms with Crippen LogP contribution in [0.2, 0.25) is 0 Å². The predicted octanol–water partition coefficient (Wildman–Crippen LogP) is 7.68. The first-order chi connectivity index (χ1) is 15.9. The SMILES string of the molecule is Cc1cc(/N=N/c2ccc(C(F)(F)F)cc2)ccc1/N=N/c1ccc(N2CCOCC2)cc1. The highest BCUT2D eigenvalue weighted by Crippen LogP contribution is 2.31. The molecule has 170 valence electrons. The summed E-state index contributed by atoms with van der Waals surface area (Å²) in [6, 6.07) is 17.7. The van der Waals surface area contributed by atoms with E-state index in [1.807, 2.05) is 31.2 Å². The monoisotopic (exact) mass is 453 g/mol. The largest absolute Gasteiger partial charge is 0.416 e. The fourth-order valence-corrected chi connectivity index (χ4v) is 3.31. The lowest BCUT2D eigenvalue weighted by Gasteiger charge is -2.28. The van der Waals surface area contributed by atoms with Crippen molar-refractivity contribution in [3.8, 4) is 0 Å². The number of rotatable bonds is 5. The summed E-state index contributed by atoms with van der Waals surface area (Å²) in [5.74, 6) is 0. The summed E-state index contributed by atoms with van der Waals surface area (Å²) in [7, 11) is 0. The molecule has 0 spiro atoms.